The van der Waals surface area contributed by atoms with Gasteiger partial charge < -0.3 is 0 Å². The van der Waals surface area contributed by atoms with Gasteiger partial charge in [-0.1, -0.05) is 17.7 Å². The number of rotatable bonds is 2. The van der Waals surface area contributed by atoms with Crippen molar-refractivity contribution in [1.29, 1.82) is 0 Å². The third-order valence-corrected chi connectivity index (χ3v) is 2.55. The highest BCUT2D eigenvalue weighted by Crippen LogP contribution is 2.24. The van der Waals surface area contributed by atoms with Crippen LogP contribution in [-0.2, 0) is 0 Å². The fraction of sp³-hybridized carbons (Fsp3) is 0. The molecule has 0 aromatic carbocycles. The van der Waals surface area contributed by atoms with Gasteiger partial charge in [-0.3, -0.25) is 0 Å². The van der Waals surface area contributed by atoms with E-state index in [0.717, 1.165) is 10.1 Å². The van der Waals surface area contributed by atoms with Crippen LogP contribution < -0.4 is 0 Å². The molecule has 0 atom stereocenters. The predicted octanol–water partition coefficient (Wildman–Crippen LogP) is 2.68. The molecule has 0 bridgehead atoms. The molecule has 5 heteroatoms. The van der Waals surface area contributed by atoms with E-state index in [1.807, 2.05) is 18.2 Å². The summed E-state index contributed by atoms with van der Waals surface area (Å²) in [6.45, 7) is 0. The van der Waals surface area contributed by atoms with Crippen LogP contribution in [0.3, 0.4) is 0 Å². The minimum Gasteiger partial charge on any atom is -0.250 e. The average molecular weight is 224 g/mol. The van der Waals surface area contributed by atoms with Gasteiger partial charge in [0.15, 0.2) is 0 Å². The summed E-state index contributed by atoms with van der Waals surface area (Å²) in [4.78, 5) is 12.0. The summed E-state index contributed by atoms with van der Waals surface area (Å²) in [5, 5.41) is 2.13. The van der Waals surface area contributed by atoms with Crippen LogP contribution in [0.15, 0.2) is 46.8 Å². The molecule has 70 valence electrons. The third kappa shape index (κ3) is 2.43. The van der Waals surface area contributed by atoms with Crippen molar-refractivity contribution in [3.8, 4) is 0 Å². The smallest absolute Gasteiger partial charge is 0.133 e. The Morgan fingerprint density at radius 3 is 2.71 bits per heavy atom. The van der Waals surface area contributed by atoms with Gasteiger partial charge in [0, 0.05) is 12.3 Å². The van der Waals surface area contributed by atoms with Crippen molar-refractivity contribution in [2.45, 2.75) is 10.1 Å². The minimum absolute atomic E-state index is 0.443. The molecule has 0 N–H and O–H groups in total. The molecule has 0 aliphatic carbocycles. The van der Waals surface area contributed by atoms with E-state index < -0.39 is 0 Å². The molecular weight excluding hydrogens is 218 g/mol. The van der Waals surface area contributed by atoms with Crippen molar-refractivity contribution in [2.75, 3.05) is 0 Å². The average Bonchev–Trinajstić information content (AvgIpc) is 2.19. The van der Waals surface area contributed by atoms with Gasteiger partial charge in [-0.05, 0) is 23.9 Å². The van der Waals surface area contributed by atoms with Crippen molar-refractivity contribution in [3.05, 3.63) is 41.9 Å². The first-order valence-electron chi connectivity index (χ1n) is 3.91. The molecule has 0 amide bonds. The van der Waals surface area contributed by atoms with Gasteiger partial charge in [0.05, 0.1) is 0 Å². The van der Waals surface area contributed by atoms with Gasteiger partial charge in [0.1, 0.15) is 21.5 Å². The summed E-state index contributed by atoms with van der Waals surface area (Å²) in [6, 6.07) is 7.43. The molecule has 2 aromatic rings. The lowest BCUT2D eigenvalue weighted by atomic mass is 10.5. The molecule has 2 heterocycles. The Hall–Kier alpha value is -1.13. The van der Waals surface area contributed by atoms with E-state index in [4.69, 9.17) is 11.6 Å². The monoisotopic (exact) mass is 223 g/mol. The second-order valence-electron chi connectivity index (χ2n) is 2.45. The van der Waals surface area contributed by atoms with E-state index in [1.165, 1.54) is 18.1 Å². The molecule has 2 rings (SSSR count). The first kappa shape index (κ1) is 9.43. The second kappa shape index (κ2) is 4.39. The molecule has 0 spiro atoms. The number of hydrogen-bond donors (Lipinski definition) is 0. The molecular formula is C9H6ClN3S. The lowest BCUT2D eigenvalue weighted by molar-refractivity contribution is 1.04. The highest BCUT2D eigenvalue weighted by atomic mass is 35.5. The van der Waals surface area contributed by atoms with Crippen molar-refractivity contribution < 1.29 is 0 Å². The van der Waals surface area contributed by atoms with E-state index in [9.17, 15) is 0 Å². The van der Waals surface area contributed by atoms with Crippen LogP contribution in [0.1, 0.15) is 0 Å². The topological polar surface area (TPSA) is 38.7 Å². The van der Waals surface area contributed by atoms with Crippen molar-refractivity contribution in [2.24, 2.45) is 0 Å². The predicted molar refractivity (Wildman–Crippen MR) is 55.4 cm³/mol. The van der Waals surface area contributed by atoms with Gasteiger partial charge in [-0.25, -0.2) is 15.0 Å². The van der Waals surface area contributed by atoms with Crippen LogP contribution in [0.4, 0.5) is 0 Å². The molecule has 0 saturated carbocycles. The fourth-order valence-corrected chi connectivity index (χ4v) is 1.84. The summed E-state index contributed by atoms with van der Waals surface area (Å²) >= 11 is 7.18. The van der Waals surface area contributed by atoms with Gasteiger partial charge >= 0.3 is 0 Å². The van der Waals surface area contributed by atoms with E-state index in [-0.39, 0.29) is 0 Å². The zero-order chi connectivity index (χ0) is 9.80. The summed E-state index contributed by atoms with van der Waals surface area (Å²) in [7, 11) is 0. The highest BCUT2D eigenvalue weighted by Gasteiger charge is 1.99. The van der Waals surface area contributed by atoms with E-state index in [0.29, 0.717) is 5.15 Å². The Balaban J connectivity index is 2.19. The zero-order valence-electron chi connectivity index (χ0n) is 7.09. The Kier molecular flexibility index (Phi) is 2.96. The van der Waals surface area contributed by atoms with Crippen molar-refractivity contribution in [1.82, 2.24) is 15.0 Å². The zero-order valence-corrected chi connectivity index (χ0v) is 8.66. The third-order valence-electron chi connectivity index (χ3n) is 1.46. The standard InChI is InChI=1S/C9H6ClN3S/c10-7-5-9(13-6-12-7)14-8-3-1-2-4-11-8/h1-6H. The Labute approximate surface area is 90.6 Å². The Morgan fingerprint density at radius 2 is 2.00 bits per heavy atom. The number of nitrogens with zero attached hydrogens (tertiary/aromatic N) is 3. The normalized spacial score (nSPS) is 10.1. The van der Waals surface area contributed by atoms with Crippen LogP contribution in [0, 0.1) is 0 Å². The number of pyridine rings is 1. The number of aromatic nitrogens is 3. The lowest BCUT2D eigenvalue weighted by Gasteiger charge is -1.98. The molecule has 2 aromatic heterocycles. The molecule has 14 heavy (non-hydrogen) atoms. The molecule has 3 nitrogen and oxygen atoms in total. The maximum Gasteiger partial charge on any atom is 0.133 e. The fourth-order valence-electron chi connectivity index (χ4n) is 0.888. The summed E-state index contributed by atoms with van der Waals surface area (Å²) in [6.07, 6.45) is 3.18. The summed E-state index contributed by atoms with van der Waals surface area (Å²) < 4.78 is 0. The summed E-state index contributed by atoms with van der Waals surface area (Å²) in [5.41, 5.74) is 0. The lowest BCUT2D eigenvalue weighted by Crippen LogP contribution is -1.83. The van der Waals surface area contributed by atoms with Gasteiger partial charge in [-0.2, -0.15) is 0 Å². The van der Waals surface area contributed by atoms with Crippen LogP contribution in [0.5, 0.6) is 0 Å². The second-order valence-corrected chi connectivity index (χ2v) is 3.88. The van der Waals surface area contributed by atoms with E-state index >= 15 is 0 Å². The maximum absolute atomic E-state index is 5.73. The van der Waals surface area contributed by atoms with Crippen LogP contribution in [-0.4, -0.2) is 15.0 Å². The van der Waals surface area contributed by atoms with Gasteiger partial charge in [0.2, 0.25) is 0 Å². The highest BCUT2D eigenvalue weighted by molar-refractivity contribution is 7.99. The van der Waals surface area contributed by atoms with Gasteiger partial charge in [-0.15, -0.1) is 0 Å². The molecule has 0 fully saturated rings. The molecule has 0 aliphatic rings. The van der Waals surface area contributed by atoms with Crippen LogP contribution in [0.25, 0.3) is 0 Å². The minimum atomic E-state index is 0.443. The largest absolute Gasteiger partial charge is 0.250 e. The molecule has 0 radical (unpaired) electrons. The first-order valence-corrected chi connectivity index (χ1v) is 5.10. The Bertz CT molecular complexity index is 421. The summed E-state index contributed by atoms with van der Waals surface area (Å²) in [5.74, 6) is 0. The maximum atomic E-state index is 5.73. The number of halogens is 1. The van der Waals surface area contributed by atoms with Crippen molar-refractivity contribution in [3.63, 3.8) is 0 Å². The van der Waals surface area contributed by atoms with Crippen LogP contribution in [0.2, 0.25) is 5.15 Å². The van der Waals surface area contributed by atoms with E-state index in [1.54, 1.807) is 12.3 Å². The van der Waals surface area contributed by atoms with Crippen LogP contribution >= 0.6 is 23.4 Å². The quantitative estimate of drug-likeness (QED) is 0.734. The van der Waals surface area contributed by atoms with Crippen molar-refractivity contribution >= 4 is 23.4 Å². The molecule has 0 aliphatic heterocycles. The van der Waals surface area contributed by atoms with Gasteiger partial charge in [0.25, 0.3) is 0 Å². The molecule has 0 saturated heterocycles. The SMILES string of the molecule is Clc1cc(Sc2ccccn2)ncn1. The number of hydrogen-bond acceptors (Lipinski definition) is 4. The van der Waals surface area contributed by atoms with E-state index in [2.05, 4.69) is 15.0 Å². The molecule has 0 unspecified atom stereocenters. The Morgan fingerprint density at radius 1 is 1.07 bits per heavy atom. The first-order chi connectivity index (χ1) is 6.84.